The third kappa shape index (κ3) is 9.89. The first-order chi connectivity index (χ1) is 16.8. The van der Waals surface area contributed by atoms with Crippen molar-refractivity contribution in [2.24, 2.45) is 0 Å². The second-order valence-corrected chi connectivity index (χ2v) is 8.66. The number of hydrogen-bond acceptors (Lipinski definition) is 7. The first-order valence-corrected chi connectivity index (χ1v) is 12.4. The molecule has 0 radical (unpaired) electrons. The van der Waals surface area contributed by atoms with Crippen LogP contribution in [0.4, 0.5) is 13.2 Å². The summed E-state index contributed by atoms with van der Waals surface area (Å²) in [5, 5.41) is 0. The third-order valence-corrected chi connectivity index (χ3v) is 5.79. The average molecular weight is 519 g/mol. The van der Waals surface area contributed by atoms with E-state index in [1.165, 1.54) is 19.8 Å². The minimum atomic E-state index is -4.53. The van der Waals surface area contributed by atoms with Gasteiger partial charge in [-0.2, -0.15) is 24.9 Å². The molecule has 0 amide bonds. The molecule has 0 saturated heterocycles. The molecule has 2 aromatic rings. The Kier molecular flexibility index (Phi) is 12.7. The van der Waals surface area contributed by atoms with Crippen LogP contribution in [0.5, 0.6) is 11.5 Å². The minimum Gasteiger partial charge on any atom is -0.490 e. The Bertz CT molecular complexity index is 845. The number of rotatable bonds is 16. The maximum Gasteiger partial charge on any atom is 0.416 e. The van der Waals surface area contributed by atoms with E-state index in [1.54, 1.807) is 11.8 Å². The van der Waals surface area contributed by atoms with Crippen LogP contribution in [0, 0.1) is 0 Å². The Balaban J connectivity index is 2.12. The fourth-order valence-corrected chi connectivity index (χ4v) is 4.02. The molecule has 0 aliphatic carbocycles. The van der Waals surface area contributed by atoms with Gasteiger partial charge in [-0.3, -0.25) is 0 Å². The largest absolute Gasteiger partial charge is 0.490 e. The molecule has 0 aromatic heterocycles. The molecular weight excluding hydrogens is 485 g/mol. The molecule has 0 spiro atoms. The Morgan fingerprint density at radius 2 is 1.40 bits per heavy atom. The maximum atomic E-state index is 13.5. The predicted molar refractivity (Wildman–Crippen MR) is 129 cm³/mol. The normalized spacial score (nSPS) is 12.5. The highest BCUT2D eigenvalue weighted by Gasteiger charge is 2.32. The van der Waals surface area contributed by atoms with E-state index in [0.29, 0.717) is 11.7 Å². The number of hydrogen-bond donors (Lipinski definition) is 0. The van der Waals surface area contributed by atoms with E-state index in [1.807, 2.05) is 24.3 Å². The van der Waals surface area contributed by atoms with Crippen LogP contribution in [0.1, 0.15) is 35.1 Å². The quantitative estimate of drug-likeness (QED) is 0.203. The lowest BCUT2D eigenvalue weighted by Crippen LogP contribution is -2.15. The van der Waals surface area contributed by atoms with Crippen LogP contribution in [0.15, 0.2) is 36.4 Å². The van der Waals surface area contributed by atoms with E-state index in [0.717, 1.165) is 17.9 Å². The molecule has 0 bridgehead atoms. The molecule has 6 nitrogen and oxygen atoms in total. The van der Waals surface area contributed by atoms with Crippen LogP contribution in [0.2, 0.25) is 0 Å². The van der Waals surface area contributed by atoms with Gasteiger partial charge in [0, 0.05) is 25.3 Å². The first kappa shape index (κ1) is 29.3. The van der Waals surface area contributed by atoms with E-state index in [2.05, 4.69) is 13.2 Å². The molecule has 0 fully saturated rings. The number of ether oxygens (including phenoxy) is 6. The Morgan fingerprint density at radius 1 is 0.857 bits per heavy atom. The van der Waals surface area contributed by atoms with E-state index in [-0.39, 0.29) is 56.9 Å². The summed E-state index contributed by atoms with van der Waals surface area (Å²) in [7, 11) is 2.86. The van der Waals surface area contributed by atoms with Gasteiger partial charge < -0.3 is 28.4 Å². The minimum absolute atomic E-state index is 0.0696. The van der Waals surface area contributed by atoms with Gasteiger partial charge in [0.15, 0.2) is 0 Å². The molecule has 0 heterocycles. The summed E-state index contributed by atoms with van der Waals surface area (Å²) in [5.41, 5.74) is 0.887. The van der Waals surface area contributed by atoms with Gasteiger partial charge in [-0.25, -0.2) is 0 Å². The van der Waals surface area contributed by atoms with E-state index >= 15 is 0 Å². The Labute approximate surface area is 209 Å². The summed E-state index contributed by atoms with van der Waals surface area (Å²) in [5.74, 6) is 2.43. The molecule has 2 rings (SSSR count). The zero-order valence-electron chi connectivity index (χ0n) is 20.5. The van der Waals surface area contributed by atoms with Crippen LogP contribution in [-0.4, -0.2) is 53.0 Å². The van der Waals surface area contributed by atoms with Crippen LogP contribution >= 0.6 is 11.8 Å². The molecule has 1 atom stereocenters. The monoisotopic (exact) mass is 518 g/mol. The third-order valence-electron chi connectivity index (χ3n) is 4.95. The van der Waals surface area contributed by atoms with E-state index < -0.39 is 11.7 Å². The molecule has 2 aromatic carbocycles. The molecule has 35 heavy (non-hydrogen) atoms. The van der Waals surface area contributed by atoms with Crippen molar-refractivity contribution in [1.29, 1.82) is 0 Å². The van der Waals surface area contributed by atoms with Crippen LogP contribution < -0.4 is 9.47 Å². The highest BCUT2D eigenvalue weighted by atomic mass is 32.2. The van der Waals surface area contributed by atoms with Crippen molar-refractivity contribution in [2.45, 2.75) is 32.2 Å². The molecule has 1 unspecified atom stereocenters. The summed E-state index contributed by atoms with van der Waals surface area (Å²) < 4.78 is 72.4. The summed E-state index contributed by atoms with van der Waals surface area (Å²) >= 11 is 1.80. The Hall–Kier alpha value is -1.98. The topological polar surface area (TPSA) is 55.4 Å². The second-order valence-electron chi connectivity index (χ2n) is 7.75. The average Bonchev–Trinajstić information content (AvgIpc) is 2.83. The van der Waals surface area contributed by atoms with Gasteiger partial charge in [-0.05, 0) is 47.8 Å². The summed E-state index contributed by atoms with van der Waals surface area (Å²) in [6.07, 6.45) is -2.46. The summed E-state index contributed by atoms with van der Waals surface area (Å²) in [6, 6.07) is 9.89. The second kappa shape index (κ2) is 15.2. The highest BCUT2D eigenvalue weighted by molar-refractivity contribution is 7.98. The number of methoxy groups -OCH3 is 2. The van der Waals surface area contributed by atoms with Crippen molar-refractivity contribution in [3.63, 3.8) is 0 Å². The number of benzene rings is 2. The van der Waals surface area contributed by atoms with Gasteiger partial charge in [0.2, 0.25) is 0 Å². The van der Waals surface area contributed by atoms with Crippen molar-refractivity contribution in [3.8, 4) is 11.5 Å². The van der Waals surface area contributed by atoms with Gasteiger partial charge in [0.1, 0.15) is 38.3 Å². The van der Waals surface area contributed by atoms with Crippen LogP contribution in [0.3, 0.4) is 0 Å². The molecule has 196 valence electrons. The Morgan fingerprint density at radius 3 is 1.89 bits per heavy atom. The van der Waals surface area contributed by atoms with Crippen LogP contribution in [-0.2, 0) is 38.3 Å². The standard InChI is InChI=1S/C25H33F3O6S/c1-18(15-35-4)19-5-7-23(8-6-19)33-9-10-34-24-20(13-31-16-29-2)11-22(25(26,27)28)12-21(24)14-32-17-30-3/h5-8,11-12,18H,9-10,13-17H2,1-4H3. The lowest BCUT2D eigenvalue weighted by molar-refractivity contribution is -0.137. The van der Waals surface area contributed by atoms with Gasteiger partial charge >= 0.3 is 6.18 Å². The lowest BCUT2D eigenvalue weighted by Gasteiger charge is -2.19. The summed E-state index contributed by atoms with van der Waals surface area (Å²) in [6.45, 7) is 2.11. The van der Waals surface area contributed by atoms with Gasteiger partial charge in [0.05, 0.1) is 18.8 Å². The van der Waals surface area contributed by atoms with Crippen molar-refractivity contribution in [1.82, 2.24) is 0 Å². The molecule has 0 aliphatic heterocycles. The number of halogens is 3. The van der Waals surface area contributed by atoms with Crippen molar-refractivity contribution in [2.75, 3.05) is 53.0 Å². The van der Waals surface area contributed by atoms with Gasteiger partial charge in [0.25, 0.3) is 0 Å². The maximum absolute atomic E-state index is 13.5. The number of thioether (sulfide) groups is 1. The van der Waals surface area contributed by atoms with Crippen molar-refractivity contribution >= 4 is 11.8 Å². The van der Waals surface area contributed by atoms with E-state index in [9.17, 15) is 13.2 Å². The fourth-order valence-electron chi connectivity index (χ4n) is 3.33. The van der Waals surface area contributed by atoms with Gasteiger partial charge in [-0.1, -0.05) is 19.1 Å². The predicted octanol–water partition coefficient (Wildman–Crippen LogP) is 5.87. The molecule has 0 saturated carbocycles. The molecule has 0 aliphatic rings. The van der Waals surface area contributed by atoms with Crippen molar-refractivity contribution < 1.29 is 41.6 Å². The van der Waals surface area contributed by atoms with Crippen molar-refractivity contribution in [3.05, 3.63) is 58.7 Å². The molecular formula is C25H33F3O6S. The fraction of sp³-hybridized carbons (Fsp3) is 0.520. The zero-order chi connectivity index (χ0) is 25.7. The summed E-state index contributed by atoms with van der Waals surface area (Å²) in [4.78, 5) is 0. The van der Waals surface area contributed by atoms with Crippen LogP contribution in [0.25, 0.3) is 0 Å². The SMILES string of the molecule is COCOCc1cc(C(F)(F)F)cc(COCOC)c1OCCOc1ccc(C(C)CSC)cc1. The molecule has 10 heteroatoms. The van der Waals surface area contributed by atoms with E-state index in [4.69, 9.17) is 28.4 Å². The highest BCUT2D eigenvalue weighted by Crippen LogP contribution is 2.36. The van der Waals surface area contributed by atoms with Gasteiger partial charge in [-0.15, -0.1) is 0 Å². The first-order valence-electron chi connectivity index (χ1n) is 11.0. The molecule has 0 N–H and O–H groups in total. The zero-order valence-corrected chi connectivity index (χ0v) is 21.3. The lowest BCUT2D eigenvalue weighted by atomic mass is 10.0. The number of alkyl halides is 3. The smallest absolute Gasteiger partial charge is 0.416 e.